The number of nitrogens with one attached hydrogen (secondary N) is 1. The lowest BCUT2D eigenvalue weighted by Crippen LogP contribution is -2.21. The van der Waals surface area contributed by atoms with Gasteiger partial charge in [0.05, 0.1) is 31.0 Å². The van der Waals surface area contributed by atoms with Crippen molar-refractivity contribution < 1.29 is 18.7 Å². The molecule has 1 N–H and O–H groups in total. The molecule has 0 radical (unpaired) electrons. The van der Waals surface area contributed by atoms with Crippen LogP contribution < -0.4 is 10.1 Å². The van der Waals surface area contributed by atoms with E-state index in [2.05, 4.69) is 10.3 Å². The largest absolute Gasteiger partial charge is 0.490 e. The Morgan fingerprint density at radius 2 is 2.22 bits per heavy atom. The summed E-state index contributed by atoms with van der Waals surface area (Å²) in [5, 5.41) is 3.28. The van der Waals surface area contributed by atoms with E-state index in [-0.39, 0.29) is 11.9 Å². The number of carbonyl (C=O) groups is 1. The second-order valence-corrected chi connectivity index (χ2v) is 5.31. The van der Waals surface area contributed by atoms with E-state index in [4.69, 9.17) is 9.47 Å². The maximum atomic E-state index is 13.8. The van der Waals surface area contributed by atoms with Gasteiger partial charge in [-0.25, -0.2) is 14.2 Å². The highest BCUT2D eigenvalue weighted by molar-refractivity contribution is 5.90. The first-order valence-corrected chi connectivity index (χ1v) is 7.34. The van der Waals surface area contributed by atoms with Crippen molar-refractivity contribution in [2.24, 2.45) is 0 Å². The highest BCUT2D eigenvalue weighted by Gasteiger charge is 2.24. The highest BCUT2D eigenvalue weighted by Crippen LogP contribution is 2.35. The van der Waals surface area contributed by atoms with Crippen LogP contribution >= 0.6 is 0 Å². The molecule has 3 rings (SSSR count). The number of benzene rings is 1. The number of aromatic nitrogens is 1. The number of methoxy groups -OCH3 is 1. The molecule has 0 amide bonds. The zero-order valence-electron chi connectivity index (χ0n) is 12.9. The van der Waals surface area contributed by atoms with E-state index in [9.17, 15) is 9.18 Å². The van der Waals surface area contributed by atoms with Crippen molar-refractivity contribution in [1.82, 2.24) is 4.98 Å². The van der Waals surface area contributed by atoms with Crippen LogP contribution in [0.1, 0.15) is 34.1 Å². The third-order valence-electron chi connectivity index (χ3n) is 3.84. The second-order valence-electron chi connectivity index (χ2n) is 5.31. The molecule has 2 heterocycles. The number of rotatable bonds is 3. The summed E-state index contributed by atoms with van der Waals surface area (Å²) in [6.45, 7) is 2.18. The van der Waals surface area contributed by atoms with E-state index in [1.54, 1.807) is 25.1 Å². The Kier molecular flexibility index (Phi) is 4.14. The maximum Gasteiger partial charge on any atom is 0.339 e. The van der Waals surface area contributed by atoms with E-state index in [1.165, 1.54) is 13.2 Å². The lowest BCUT2D eigenvalue weighted by Gasteiger charge is -2.27. The number of hydrogen-bond donors (Lipinski definition) is 1. The first kappa shape index (κ1) is 15.3. The summed E-state index contributed by atoms with van der Waals surface area (Å²) in [4.78, 5) is 16.0. The Hall–Kier alpha value is -2.63. The molecule has 0 aliphatic carbocycles. The predicted molar refractivity (Wildman–Crippen MR) is 83.2 cm³/mol. The molecule has 0 bridgehead atoms. The van der Waals surface area contributed by atoms with Gasteiger partial charge in [-0.1, -0.05) is 12.1 Å². The number of ether oxygens (including phenoxy) is 2. The molecule has 2 aromatic rings. The van der Waals surface area contributed by atoms with Crippen molar-refractivity contribution in [2.45, 2.75) is 19.4 Å². The van der Waals surface area contributed by atoms with Crippen molar-refractivity contribution in [2.75, 3.05) is 19.0 Å². The molecule has 1 aliphatic heterocycles. The van der Waals surface area contributed by atoms with Gasteiger partial charge in [0.25, 0.3) is 0 Å². The van der Waals surface area contributed by atoms with Gasteiger partial charge in [-0.05, 0) is 25.1 Å². The third kappa shape index (κ3) is 2.97. The fourth-order valence-electron chi connectivity index (χ4n) is 2.68. The standard InChI is InChI=1S/C17H17FN2O3/c1-10-11(17(21)22-2)6-7-15(19-10)20-14-8-9-23-16-12(14)4-3-5-13(16)18/h3-7,14H,8-9H2,1-2H3,(H,19,20)/t14-/m0/s1. The number of carbonyl (C=O) groups excluding carboxylic acids is 1. The predicted octanol–water partition coefficient (Wildman–Crippen LogP) is 3.25. The molecule has 1 aromatic carbocycles. The molecule has 0 saturated carbocycles. The van der Waals surface area contributed by atoms with Gasteiger partial charge in [-0.15, -0.1) is 0 Å². The van der Waals surface area contributed by atoms with Crippen LogP contribution in [-0.4, -0.2) is 24.7 Å². The number of nitrogens with zero attached hydrogens (tertiary/aromatic N) is 1. The summed E-state index contributed by atoms with van der Waals surface area (Å²) in [6.07, 6.45) is 0.704. The Labute approximate surface area is 133 Å². The smallest absolute Gasteiger partial charge is 0.339 e. The van der Waals surface area contributed by atoms with Gasteiger partial charge in [-0.2, -0.15) is 0 Å². The molecule has 1 aliphatic rings. The molecule has 1 aromatic heterocycles. The minimum Gasteiger partial charge on any atom is -0.490 e. The SMILES string of the molecule is COC(=O)c1ccc(N[C@H]2CCOc3c(F)cccc32)nc1C. The van der Waals surface area contributed by atoms with Gasteiger partial charge >= 0.3 is 5.97 Å². The van der Waals surface area contributed by atoms with Gasteiger partial charge in [0.2, 0.25) is 0 Å². The zero-order chi connectivity index (χ0) is 16.4. The maximum absolute atomic E-state index is 13.8. The Morgan fingerprint density at radius 1 is 1.39 bits per heavy atom. The number of esters is 1. The zero-order valence-corrected chi connectivity index (χ0v) is 12.9. The molecular weight excluding hydrogens is 299 g/mol. The first-order valence-electron chi connectivity index (χ1n) is 7.34. The minimum absolute atomic E-state index is 0.0923. The summed E-state index contributed by atoms with van der Waals surface area (Å²) in [5.41, 5.74) is 1.78. The molecular formula is C17H17FN2O3. The lowest BCUT2D eigenvalue weighted by molar-refractivity contribution is 0.0599. The normalized spacial score (nSPS) is 16.2. The average molecular weight is 316 g/mol. The first-order chi connectivity index (χ1) is 11.1. The quantitative estimate of drug-likeness (QED) is 0.881. The van der Waals surface area contributed by atoms with Crippen LogP contribution in [-0.2, 0) is 4.74 Å². The molecule has 0 fully saturated rings. The monoisotopic (exact) mass is 316 g/mol. The molecule has 0 spiro atoms. The van der Waals surface area contributed by atoms with E-state index < -0.39 is 5.97 Å². The molecule has 0 saturated heterocycles. The van der Waals surface area contributed by atoms with Gasteiger partial charge in [0.1, 0.15) is 5.82 Å². The highest BCUT2D eigenvalue weighted by atomic mass is 19.1. The van der Waals surface area contributed by atoms with Crippen LogP contribution in [0.5, 0.6) is 5.75 Å². The molecule has 6 heteroatoms. The Balaban J connectivity index is 1.85. The van der Waals surface area contributed by atoms with E-state index in [1.807, 2.05) is 6.07 Å². The number of anilines is 1. The van der Waals surface area contributed by atoms with Gasteiger partial charge < -0.3 is 14.8 Å². The number of fused-ring (bicyclic) bond motifs is 1. The number of para-hydroxylation sites is 1. The van der Waals surface area contributed by atoms with Crippen molar-refractivity contribution in [3.63, 3.8) is 0 Å². The number of aryl methyl sites for hydroxylation is 1. The summed E-state index contributed by atoms with van der Waals surface area (Å²) < 4.78 is 23.9. The Morgan fingerprint density at radius 3 is 2.96 bits per heavy atom. The topological polar surface area (TPSA) is 60.5 Å². The van der Waals surface area contributed by atoms with Gasteiger partial charge in [0.15, 0.2) is 11.6 Å². The third-order valence-corrected chi connectivity index (χ3v) is 3.84. The van der Waals surface area contributed by atoms with Crippen LogP contribution in [0.4, 0.5) is 10.2 Å². The summed E-state index contributed by atoms with van der Waals surface area (Å²) in [5.74, 6) is 0.135. The number of hydrogen-bond acceptors (Lipinski definition) is 5. The van der Waals surface area contributed by atoms with Crippen molar-refractivity contribution >= 4 is 11.8 Å². The molecule has 23 heavy (non-hydrogen) atoms. The van der Waals surface area contributed by atoms with Crippen LogP contribution in [0.25, 0.3) is 0 Å². The van der Waals surface area contributed by atoms with Crippen molar-refractivity contribution in [3.05, 3.63) is 53.0 Å². The van der Waals surface area contributed by atoms with E-state index >= 15 is 0 Å². The van der Waals surface area contributed by atoms with Crippen LogP contribution in [0.3, 0.4) is 0 Å². The van der Waals surface area contributed by atoms with E-state index in [0.29, 0.717) is 35.9 Å². The fraction of sp³-hybridized carbons (Fsp3) is 0.294. The van der Waals surface area contributed by atoms with Gasteiger partial charge in [0, 0.05) is 12.0 Å². The summed E-state index contributed by atoms with van der Waals surface area (Å²) in [7, 11) is 1.33. The molecule has 1 atom stereocenters. The fourth-order valence-corrected chi connectivity index (χ4v) is 2.68. The summed E-state index contributed by atoms with van der Waals surface area (Å²) in [6, 6.07) is 8.18. The van der Waals surface area contributed by atoms with E-state index in [0.717, 1.165) is 5.56 Å². The molecule has 120 valence electrons. The molecule has 5 nitrogen and oxygen atoms in total. The lowest BCUT2D eigenvalue weighted by atomic mass is 10.0. The molecule has 0 unspecified atom stereocenters. The van der Waals surface area contributed by atoms with Crippen LogP contribution in [0, 0.1) is 12.7 Å². The van der Waals surface area contributed by atoms with Crippen molar-refractivity contribution in [1.29, 1.82) is 0 Å². The van der Waals surface area contributed by atoms with Crippen molar-refractivity contribution in [3.8, 4) is 5.75 Å². The number of halogens is 1. The Bertz CT molecular complexity index is 749. The summed E-state index contributed by atoms with van der Waals surface area (Å²) >= 11 is 0. The van der Waals surface area contributed by atoms with Crippen LogP contribution in [0.2, 0.25) is 0 Å². The van der Waals surface area contributed by atoms with Crippen LogP contribution in [0.15, 0.2) is 30.3 Å². The minimum atomic E-state index is -0.417. The van der Waals surface area contributed by atoms with Gasteiger partial charge in [-0.3, -0.25) is 0 Å². The second kappa shape index (κ2) is 6.24. The number of pyridine rings is 1. The average Bonchev–Trinajstić information content (AvgIpc) is 2.55.